The molecule has 2 N–H and O–H groups in total. The Morgan fingerprint density at radius 2 is 2.00 bits per heavy atom. The number of guanidine groups is 1. The smallest absolute Gasteiger partial charge is 0.231 e. The summed E-state index contributed by atoms with van der Waals surface area (Å²) in [5.74, 6) is 2.94. The van der Waals surface area contributed by atoms with Crippen LogP contribution >= 0.6 is 0 Å². The second-order valence-corrected chi connectivity index (χ2v) is 6.83. The molecule has 0 bridgehead atoms. The Balaban J connectivity index is 1.70. The van der Waals surface area contributed by atoms with Gasteiger partial charge in [-0.3, -0.25) is 4.99 Å². The van der Waals surface area contributed by atoms with Crippen LogP contribution in [0.4, 0.5) is 0 Å². The van der Waals surface area contributed by atoms with Gasteiger partial charge in [0.1, 0.15) is 12.4 Å². The molecule has 0 radical (unpaired) electrons. The summed E-state index contributed by atoms with van der Waals surface area (Å²) in [4.78, 5) is 4.21. The van der Waals surface area contributed by atoms with E-state index in [1.807, 2.05) is 18.2 Å². The molecule has 7 heteroatoms. The van der Waals surface area contributed by atoms with Gasteiger partial charge < -0.3 is 29.6 Å². The van der Waals surface area contributed by atoms with Crippen LogP contribution in [-0.4, -0.2) is 52.7 Å². The fraction of sp³-hybridized carbons (Fsp3) is 0.611. The average Bonchev–Trinajstić information content (AvgIpc) is 3.03. The third-order valence-corrected chi connectivity index (χ3v) is 3.94. The molecule has 0 aromatic heterocycles. The number of ether oxygens (including phenoxy) is 4. The van der Waals surface area contributed by atoms with E-state index in [9.17, 15) is 0 Å². The van der Waals surface area contributed by atoms with E-state index in [1.165, 1.54) is 0 Å². The molecule has 0 amide bonds. The second-order valence-electron chi connectivity index (χ2n) is 6.83. The van der Waals surface area contributed by atoms with Crippen molar-refractivity contribution in [2.75, 3.05) is 40.6 Å². The van der Waals surface area contributed by atoms with Crippen molar-refractivity contribution in [1.82, 2.24) is 10.6 Å². The highest BCUT2D eigenvalue weighted by Gasteiger charge is 2.24. The fourth-order valence-electron chi connectivity index (χ4n) is 2.46. The fourth-order valence-corrected chi connectivity index (χ4v) is 2.46. The molecule has 1 aliphatic rings. The van der Waals surface area contributed by atoms with Crippen molar-refractivity contribution in [2.45, 2.75) is 26.9 Å². The van der Waals surface area contributed by atoms with Crippen molar-refractivity contribution in [3.05, 3.63) is 18.2 Å². The van der Waals surface area contributed by atoms with Gasteiger partial charge in [-0.25, -0.2) is 0 Å². The van der Waals surface area contributed by atoms with E-state index in [1.54, 1.807) is 14.2 Å². The summed E-state index contributed by atoms with van der Waals surface area (Å²) in [5.41, 5.74) is 0.0586. The van der Waals surface area contributed by atoms with E-state index in [2.05, 4.69) is 36.4 Å². The van der Waals surface area contributed by atoms with Gasteiger partial charge in [0.2, 0.25) is 6.79 Å². The van der Waals surface area contributed by atoms with Crippen molar-refractivity contribution in [3.63, 3.8) is 0 Å². The molecule has 0 aliphatic carbocycles. The first-order chi connectivity index (χ1) is 11.9. The molecule has 2 rings (SSSR count). The number of hydrogen-bond donors (Lipinski definition) is 2. The summed E-state index contributed by atoms with van der Waals surface area (Å²) in [7, 11) is 3.47. The van der Waals surface area contributed by atoms with E-state index in [4.69, 9.17) is 18.9 Å². The summed E-state index contributed by atoms with van der Waals surface area (Å²) in [6.07, 6.45) is 0.0935. The highest BCUT2D eigenvalue weighted by atomic mass is 16.7. The predicted molar refractivity (Wildman–Crippen MR) is 97.7 cm³/mol. The van der Waals surface area contributed by atoms with Gasteiger partial charge in [0.15, 0.2) is 17.5 Å². The SMILES string of the molecule is CN=C(NCCOc1ccc2c(c1)OCO2)NCC(OC)C(C)(C)C. The maximum absolute atomic E-state index is 5.72. The Morgan fingerprint density at radius 1 is 1.24 bits per heavy atom. The molecule has 1 aromatic rings. The lowest BCUT2D eigenvalue weighted by Gasteiger charge is -2.30. The van der Waals surface area contributed by atoms with Gasteiger partial charge in [-0.15, -0.1) is 0 Å². The average molecular weight is 351 g/mol. The van der Waals surface area contributed by atoms with Gasteiger partial charge in [-0.1, -0.05) is 20.8 Å². The minimum atomic E-state index is 0.0586. The number of aliphatic imine (C=N–C) groups is 1. The van der Waals surface area contributed by atoms with Crippen LogP contribution in [0.5, 0.6) is 17.2 Å². The lowest BCUT2D eigenvalue weighted by molar-refractivity contribution is 0.0205. The van der Waals surface area contributed by atoms with Crippen molar-refractivity contribution >= 4 is 5.96 Å². The number of nitrogens with one attached hydrogen (secondary N) is 2. The Labute approximate surface area is 149 Å². The summed E-state index contributed by atoms with van der Waals surface area (Å²) < 4.78 is 21.9. The maximum Gasteiger partial charge on any atom is 0.231 e. The lowest BCUT2D eigenvalue weighted by atomic mass is 9.89. The quantitative estimate of drug-likeness (QED) is 0.445. The van der Waals surface area contributed by atoms with Gasteiger partial charge in [-0.2, -0.15) is 0 Å². The van der Waals surface area contributed by atoms with Gasteiger partial charge in [-0.05, 0) is 17.5 Å². The maximum atomic E-state index is 5.72. The molecule has 1 aromatic carbocycles. The number of fused-ring (bicyclic) bond motifs is 1. The van der Waals surface area contributed by atoms with E-state index < -0.39 is 0 Å². The standard InChI is InChI=1S/C18H29N3O4/c1-18(2,3)16(22-5)11-21-17(19-4)20-8-9-23-13-6-7-14-15(10-13)25-12-24-14/h6-7,10,16H,8-9,11-12H2,1-5H3,(H2,19,20,21). The predicted octanol–water partition coefficient (Wildman–Crippen LogP) is 2.02. The summed E-state index contributed by atoms with van der Waals surface area (Å²) in [6.45, 7) is 8.53. The molecule has 0 saturated heterocycles. The first kappa shape index (κ1) is 19.2. The van der Waals surface area contributed by atoms with E-state index >= 15 is 0 Å². The van der Waals surface area contributed by atoms with Gasteiger partial charge in [0, 0.05) is 26.8 Å². The minimum Gasteiger partial charge on any atom is -0.492 e. The zero-order chi connectivity index (χ0) is 18.3. The topological polar surface area (TPSA) is 73.3 Å². The third kappa shape index (κ3) is 5.70. The lowest BCUT2D eigenvalue weighted by Crippen LogP contribution is -2.46. The molecule has 140 valence electrons. The number of methoxy groups -OCH3 is 1. The molecule has 0 saturated carbocycles. The zero-order valence-corrected chi connectivity index (χ0v) is 15.7. The van der Waals surface area contributed by atoms with Crippen LogP contribution in [0.2, 0.25) is 0 Å². The Hall–Kier alpha value is -2.15. The van der Waals surface area contributed by atoms with Crippen LogP contribution in [-0.2, 0) is 4.74 Å². The van der Waals surface area contributed by atoms with E-state index in [0.717, 1.165) is 23.2 Å². The number of rotatable bonds is 7. The number of benzene rings is 1. The minimum absolute atomic E-state index is 0.0586. The van der Waals surface area contributed by atoms with Crippen LogP contribution < -0.4 is 24.8 Å². The van der Waals surface area contributed by atoms with Crippen molar-refractivity contribution < 1.29 is 18.9 Å². The molecule has 0 spiro atoms. The van der Waals surface area contributed by atoms with Crippen LogP contribution in [0.15, 0.2) is 23.2 Å². The largest absolute Gasteiger partial charge is 0.492 e. The third-order valence-electron chi connectivity index (χ3n) is 3.94. The molecule has 7 nitrogen and oxygen atoms in total. The van der Waals surface area contributed by atoms with Crippen LogP contribution in [0.3, 0.4) is 0 Å². The number of nitrogens with zero attached hydrogens (tertiary/aromatic N) is 1. The zero-order valence-electron chi connectivity index (χ0n) is 15.7. The Kier molecular flexibility index (Phi) is 6.75. The van der Waals surface area contributed by atoms with Gasteiger partial charge in [0.25, 0.3) is 0 Å². The Morgan fingerprint density at radius 3 is 2.68 bits per heavy atom. The van der Waals surface area contributed by atoms with Gasteiger partial charge in [0.05, 0.1) is 12.6 Å². The van der Waals surface area contributed by atoms with Gasteiger partial charge >= 0.3 is 0 Å². The molecule has 1 aliphatic heterocycles. The van der Waals surface area contributed by atoms with Crippen molar-refractivity contribution in [1.29, 1.82) is 0 Å². The summed E-state index contributed by atoms with van der Waals surface area (Å²) in [6, 6.07) is 5.55. The molecule has 25 heavy (non-hydrogen) atoms. The number of hydrogen-bond acceptors (Lipinski definition) is 5. The molecule has 1 heterocycles. The van der Waals surface area contributed by atoms with Crippen LogP contribution in [0.25, 0.3) is 0 Å². The molecule has 1 unspecified atom stereocenters. The van der Waals surface area contributed by atoms with Crippen molar-refractivity contribution in [2.24, 2.45) is 10.4 Å². The van der Waals surface area contributed by atoms with Crippen LogP contribution in [0, 0.1) is 5.41 Å². The van der Waals surface area contributed by atoms with Crippen LogP contribution in [0.1, 0.15) is 20.8 Å². The monoisotopic (exact) mass is 351 g/mol. The highest BCUT2D eigenvalue weighted by Crippen LogP contribution is 2.34. The second kappa shape index (κ2) is 8.80. The molecule has 1 atom stereocenters. The summed E-state index contributed by atoms with van der Waals surface area (Å²) in [5, 5.41) is 6.51. The van der Waals surface area contributed by atoms with Crippen molar-refractivity contribution in [3.8, 4) is 17.2 Å². The van der Waals surface area contributed by atoms with E-state index in [0.29, 0.717) is 19.7 Å². The molecule has 0 fully saturated rings. The van der Waals surface area contributed by atoms with E-state index in [-0.39, 0.29) is 18.3 Å². The molecular formula is C18H29N3O4. The highest BCUT2D eigenvalue weighted by molar-refractivity contribution is 5.79. The first-order valence-corrected chi connectivity index (χ1v) is 8.44. The Bertz CT molecular complexity index is 584. The normalized spacial score (nSPS) is 15.0. The molecular weight excluding hydrogens is 322 g/mol. The first-order valence-electron chi connectivity index (χ1n) is 8.44. The summed E-state index contributed by atoms with van der Waals surface area (Å²) >= 11 is 0.